The van der Waals surface area contributed by atoms with Gasteiger partial charge in [-0.1, -0.05) is 6.92 Å². The average Bonchev–Trinajstić information content (AvgIpc) is 2.68. The lowest BCUT2D eigenvalue weighted by Crippen LogP contribution is -2.27. The SMILES string of the molecule is CCCN1CCCC(Nc2ccc(F)cc2OCC)CC1. The number of benzene rings is 1. The van der Waals surface area contributed by atoms with Crippen molar-refractivity contribution in [3.8, 4) is 5.75 Å². The number of ether oxygens (including phenoxy) is 1. The number of halogens is 1. The summed E-state index contributed by atoms with van der Waals surface area (Å²) in [5, 5.41) is 3.55. The van der Waals surface area contributed by atoms with Crippen molar-refractivity contribution in [2.24, 2.45) is 0 Å². The van der Waals surface area contributed by atoms with Crippen LogP contribution in [0.4, 0.5) is 10.1 Å². The molecule has 0 aliphatic carbocycles. The maximum Gasteiger partial charge on any atom is 0.145 e. The van der Waals surface area contributed by atoms with E-state index >= 15 is 0 Å². The van der Waals surface area contributed by atoms with Crippen molar-refractivity contribution in [1.29, 1.82) is 0 Å². The minimum Gasteiger partial charge on any atom is -0.492 e. The van der Waals surface area contributed by atoms with E-state index in [0.29, 0.717) is 18.4 Å². The Morgan fingerprint density at radius 3 is 2.90 bits per heavy atom. The fourth-order valence-electron chi connectivity index (χ4n) is 2.95. The first-order valence-corrected chi connectivity index (χ1v) is 8.14. The van der Waals surface area contributed by atoms with Crippen molar-refractivity contribution < 1.29 is 9.13 Å². The van der Waals surface area contributed by atoms with Crippen LogP contribution in [0.2, 0.25) is 0 Å². The van der Waals surface area contributed by atoms with Gasteiger partial charge in [-0.05, 0) is 57.8 Å². The van der Waals surface area contributed by atoms with Gasteiger partial charge in [0.25, 0.3) is 0 Å². The molecular weight excluding hydrogens is 267 g/mol. The summed E-state index contributed by atoms with van der Waals surface area (Å²) in [5.41, 5.74) is 0.909. The van der Waals surface area contributed by atoms with Crippen molar-refractivity contribution >= 4 is 5.69 Å². The van der Waals surface area contributed by atoms with Gasteiger partial charge in [0, 0.05) is 18.7 Å². The third kappa shape index (κ3) is 4.88. The third-order valence-corrected chi connectivity index (χ3v) is 3.96. The molecule has 1 fully saturated rings. The molecular formula is C17H27FN2O. The zero-order valence-corrected chi connectivity index (χ0v) is 13.2. The van der Waals surface area contributed by atoms with Crippen LogP contribution in [0.3, 0.4) is 0 Å². The molecule has 0 spiro atoms. The molecule has 118 valence electrons. The minimum absolute atomic E-state index is 0.251. The number of hydrogen-bond acceptors (Lipinski definition) is 3. The average molecular weight is 294 g/mol. The molecule has 1 aromatic rings. The second-order valence-corrected chi connectivity index (χ2v) is 5.69. The van der Waals surface area contributed by atoms with Gasteiger partial charge in [0.2, 0.25) is 0 Å². The Hall–Kier alpha value is -1.29. The first-order chi connectivity index (χ1) is 10.2. The number of anilines is 1. The summed E-state index contributed by atoms with van der Waals surface area (Å²) in [6.07, 6.45) is 4.71. The molecule has 1 aromatic carbocycles. The van der Waals surface area contributed by atoms with Gasteiger partial charge in [-0.3, -0.25) is 0 Å². The maximum atomic E-state index is 13.3. The standard InChI is InChI=1S/C17H27FN2O/c1-3-10-20-11-5-6-15(9-12-20)19-16-8-7-14(18)13-17(16)21-4-2/h7-8,13,15,19H,3-6,9-12H2,1-2H3. The van der Waals surface area contributed by atoms with E-state index in [2.05, 4.69) is 17.1 Å². The zero-order valence-electron chi connectivity index (χ0n) is 13.2. The van der Waals surface area contributed by atoms with Gasteiger partial charge in [-0.15, -0.1) is 0 Å². The molecule has 1 heterocycles. The Labute approximate surface area is 127 Å². The maximum absolute atomic E-state index is 13.3. The molecule has 3 nitrogen and oxygen atoms in total. The summed E-state index contributed by atoms with van der Waals surface area (Å²) in [6.45, 7) is 8.21. The molecule has 0 amide bonds. The van der Waals surface area contributed by atoms with Crippen LogP contribution in [0.1, 0.15) is 39.5 Å². The summed E-state index contributed by atoms with van der Waals surface area (Å²) in [6, 6.07) is 5.18. The molecule has 0 aromatic heterocycles. The number of likely N-dealkylation sites (tertiary alicyclic amines) is 1. The van der Waals surface area contributed by atoms with E-state index in [1.54, 1.807) is 6.07 Å². The van der Waals surface area contributed by atoms with E-state index in [0.717, 1.165) is 25.1 Å². The van der Waals surface area contributed by atoms with E-state index in [-0.39, 0.29) is 5.82 Å². The molecule has 1 aliphatic rings. The van der Waals surface area contributed by atoms with Crippen molar-refractivity contribution in [3.05, 3.63) is 24.0 Å². The van der Waals surface area contributed by atoms with E-state index in [4.69, 9.17) is 4.74 Å². The Morgan fingerprint density at radius 1 is 1.29 bits per heavy atom. The lowest BCUT2D eigenvalue weighted by atomic mass is 10.1. The molecule has 1 N–H and O–H groups in total. The largest absolute Gasteiger partial charge is 0.492 e. The van der Waals surface area contributed by atoms with Crippen LogP contribution in [-0.2, 0) is 0 Å². The zero-order chi connectivity index (χ0) is 15.1. The highest BCUT2D eigenvalue weighted by atomic mass is 19.1. The molecule has 0 saturated carbocycles. The van der Waals surface area contributed by atoms with Crippen LogP contribution >= 0.6 is 0 Å². The Bertz CT molecular complexity index is 439. The van der Waals surface area contributed by atoms with Gasteiger partial charge in [0.1, 0.15) is 11.6 Å². The van der Waals surface area contributed by atoms with Crippen LogP contribution < -0.4 is 10.1 Å². The predicted molar refractivity (Wildman–Crippen MR) is 85.6 cm³/mol. The van der Waals surface area contributed by atoms with Crippen molar-refractivity contribution in [3.63, 3.8) is 0 Å². The Morgan fingerprint density at radius 2 is 2.14 bits per heavy atom. The van der Waals surface area contributed by atoms with Gasteiger partial charge in [0.15, 0.2) is 0 Å². The summed E-state index contributed by atoms with van der Waals surface area (Å²) in [7, 11) is 0. The molecule has 4 heteroatoms. The molecule has 2 rings (SSSR count). The smallest absolute Gasteiger partial charge is 0.145 e. The third-order valence-electron chi connectivity index (χ3n) is 3.96. The van der Waals surface area contributed by atoms with Gasteiger partial charge in [-0.25, -0.2) is 4.39 Å². The quantitative estimate of drug-likeness (QED) is 0.861. The lowest BCUT2D eigenvalue weighted by molar-refractivity contribution is 0.285. The van der Waals surface area contributed by atoms with Crippen LogP contribution in [0.15, 0.2) is 18.2 Å². The van der Waals surface area contributed by atoms with E-state index in [1.807, 2.05) is 6.92 Å². The summed E-state index contributed by atoms with van der Waals surface area (Å²) in [4.78, 5) is 2.54. The first kappa shape index (κ1) is 16.1. The molecule has 1 aliphatic heterocycles. The highest BCUT2D eigenvalue weighted by molar-refractivity contribution is 5.57. The number of nitrogens with zero attached hydrogens (tertiary/aromatic N) is 1. The van der Waals surface area contributed by atoms with Crippen LogP contribution in [-0.4, -0.2) is 37.2 Å². The van der Waals surface area contributed by atoms with E-state index in [9.17, 15) is 4.39 Å². The monoisotopic (exact) mass is 294 g/mol. The molecule has 1 saturated heterocycles. The molecule has 1 unspecified atom stereocenters. The first-order valence-electron chi connectivity index (χ1n) is 8.14. The van der Waals surface area contributed by atoms with Crippen molar-refractivity contribution in [2.45, 2.75) is 45.6 Å². The van der Waals surface area contributed by atoms with Crippen LogP contribution in [0.5, 0.6) is 5.75 Å². The summed E-state index contributed by atoms with van der Waals surface area (Å²) >= 11 is 0. The van der Waals surface area contributed by atoms with Gasteiger partial charge in [0.05, 0.1) is 12.3 Å². The second kappa shape index (κ2) is 8.23. The lowest BCUT2D eigenvalue weighted by Gasteiger charge is -2.21. The predicted octanol–water partition coefficient (Wildman–Crippen LogP) is 3.90. The second-order valence-electron chi connectivity index (χ2n) is 5.69. The minimum atomic E-state index is -0.251. The molecule has 21 heavy (non-hydrogen) atoms. The van der Waals surface area contributed by atoms with E-state index in [1.165, 1.54) is 38.1 Å². The van der Waals surface area contributed by atoms with Crippen LogP contribution in [0, 0.1) is 5.82 Å². The van der Waals surface area contributed by atoms with Gasteiger partial charge < -0.3 is 15.0 Å². The van der Waals surface area contributed by atoms with Gasteiger partial charge >= 0.3 is 0 Å². The van der Waals surface area contributed by atoms with Gasteiger partial charge in [-0.2, -0.15) is 0 Å². The normalized spacial score (nSPS) is 20.0. The topological polar surface area (TPSA) is 24.5 Å². The highest BCUT2D eigenvalue weighted by Gasteiger charge is 2.17. The highest BCUT2D eigenvalue weighted by Crippen LogP contribution is 2.28. The van der Waals surface area contributed by atoms with E-state index < -0.39 is 0 Å². The number of nitrogens with one attached hydrogen (secondary N) is 1. The molecule has 0 radical (unpaired) electrons. The summed E-state index contributed by atoms with van der Waals surface area (Å²) in [5.74, 6) is 0.367. The van der Waals surface area contributed by atoms with Crippen LogP contribution in [0.25, 0.3) is 0 Å². The van der Waals surface area contributed by atoms with Crippen molar-refractivity contribution in [2.75, 3.05) is 31.6 Å². The molecule has 0 bridgehead atoms. The number of rotatable bonds is 6. The molecule has 1 atom stereocenters. The number of hydrogen-bond donors (Lipinski definition) is 1. The Balaban J connectivity index is 1.98. The Kier molecular flexibility index (Phi) is 6.30. The summed E-state index contributed by atoms with van der Waals surface area (Å²) < 4.78 is 18.9. The van der Waals surface area contributed by atoms with Crippen molar-refractivity contribution in [1.82, 2.24) is 4.90 Å². The fourth-order valence-corrected chi connectivity index (χ4v) is 2.95. The fraction of sp³-hybridized carbons (Fsp3) is 0.647.